The Morgan fingerprint density at radius 1 is 0.899 bits per heavy atom. The van der Waals surface area contributed by atoms with Crippen LogP contribution in [0.15, 0.2) is 48.6 Å². The summed E-state index contributed by atoms with van der Waals surface area (Å²) in [5.74, 6) is -14.5. The highest BCUT2D eigenvalue weighted by Crippen LogP contribution is 2.68. The Labute approximate surface area is 458 Å². The number of halogens is 5. The summed E-state index contributed by atoms with van der Waals surface area (Å²) in [6.45, 7) is 12.6. The Morgan fingerprint density at radius 3 is 2.28 bits per heavy atom. The van der Waals surface area contributed by atoms with Gasteiger partial charge in [-0.05, 0) is 124 Å². The Bertz CT molecular complexity index is 3080. The number of ether oxygens (including phenoxy) is 2. The number of likely N-dealkylation sites (N-methyl/N-ethyl adjacent to an activating group) is 1. The number of aryl methyl sites for hydroxylation is 1. The quantitative estimate of drug-likeness (QED) is 0.0180. The number of hydrogen-bond donors (Lipinski definition) is 3. The molecule has 79 heavy (non-hydrogen) atoms. The first-order valence-electron chi connectivity index (χ1n) is 28.2. The predicted octanol–water partition coefficient (Wildman–Crippen LogP) is 9.61. The smallest absolute Gasteiger partial charge is 0.373 e. The molecule has 3 aromatic carbocycles. The number of aromatic nitrogens is 1. The zero-order valence-electron chi connectivity index (χ0n) is 46.1. The zero-order valence-corrected chi connectivity index (χ0v) is 47.1. The number of hydrogen-bond acceptors (Lipinski definition) is 12. The van der Waals surface area contributed by atoms with E-state index in [1.165, 1.54) is 29.3 Å². The van der Waals surface area contributed by atoms with Crippen molar-refractivity contribution in [3.05, 3.63) is 106 Å². The van der Waals surface area contributed by atoms with E-state index in [0.717, 1.165) is 86.2 Å². The minimum absolute atomic E-state index is 0.177. The van der Waals surface area contributed by atoms with E-state index in [9.17, 15) is 37.0 Å². The fraction of sp³-hybridized carbons (Fsp3) is 0.583. The average molecular weight is 1120 g/mol. The summed E-state index contributed by atoms with van der Waals surface area (Å²) in [5, 5.41) is 27.5. The largest absolute Gasteiger partial charge is 0.467 e. The van der Waals surface area contributed by atoms with Crippen molar-refractivity contribution in [2.24, 2.45) is 11.3 Å². The minimum atomic E-state index is -2.93. The summed E-state index contributed by atoms with van der Waals surface area (Å²) >= 11 is 0. The van der Waals surface area contributed by atoms with Crippen LogP contribution < -0.4 is 9.64 Å². The number of anilines is 1. The number of methoxy groups -OCH3 is 1. The topological polar surface area (TPSA) is 162 Å². The molecule has 1 saturated carbocycles. The molecule has 6 aliphatic heterocycles. The molecule has 19 heteroatoms. The van der Waals surface area contributed by atoms with Gasteiger partial charge >= 0.3 is 18.1 Å². The normalized spacial score (nSPS) is 32.3. The van der Waals surface area contributed by atoms with Gasteiger partial charge in [0.1, 0.15) is 0 Å². The van der Waals surface area contributed by atoms with Crippen LogP contribution in [0.2, 0.25) is 18.1 Å². The first kappa shape index (κ1) is 57.0. The van der Waals surface area contributed by atoms with Crippen molar-refractivity contribution in [1.29, 1.82) is 0 Å². The van der Waals surface area contributed by atoms with Gasteiger partial charge in [0.15, 0.2) is 8.32 Å². The van der Waals surface area contributed by atoms with E-state index in [4.69, 9.17) is 23.5 Å². The highest BCUT2D eigenvalue weighted by Gasteiger charge is 2.80. The number of benzene rings is 3. The molecule has 1 spiro atoms. The summed E-state index contributed by atoms with van der Waals surface area (Å²) in [6.07, 6.45) is 10.8. The molecular formula is C60H73F5N4O9Si. The van der Waals surface area contributed by atoms with Crippen LogP contribution in [0.4, 0.5) is 27.6 Å². The third-order valence-corrected chi connectivity index (χ3v) is 24.5. The maximum atomic E-state index is 15.2. The number of para-hydroxylation sites is 1. The predicted molar refractivity (Wildman–Crippen MR) is 286 cm³/mol. The van der Waals surface area contributed by atoms with Crippen molar-refractivity contribution in [2.75, 3.05) is 51.8 Å². The van der Waals surface area contributed by atoms with Gasteiger partial charge in [-0.1, -0.05) is 75.9 Å². The lowest BCUT2D eigenvalue weighted by Gasteiger charge is -2.65. The standard InChI is InChI=1S/C59H73F5N4O7Si.CO2/c1-7-56(71)32-36-31-55(4,50-38(20-24-67(33-36)34-56)37-17-10-11-18-41(37)65-50)39-30-40-42(29-35(39)3)66(5)52-58(40)22-25-68-23-16-21-57(8-2,51(58)68)53(59(52,72)54(70)73-6)75-76(26-13-9-14-27-76)28-15-12-19-43(69)74-49-47(63)45(61)44(60)46(62)48(49)64;2-1-3/h10-11,16-18,21,29-30,36,51-53,65,71-72H,7-9,12-15,19-20,22-28,31-34H2,1-6H3;/t36?,51-,52+,53+,55+,56-,57+,58+,59-;/m0./s1. The van der Waals surface area contributed by atoms with Gasteiger partial charge in [-0.15, -0.1) is 0 Å². The lowest BCUT2D eigenvalue weighted by Crippen LogP contribution is -2.82. The van der Waals surface area contributed by atoms with Gasteiger partial charge in [-0.3, -0.25) is 14.6 Å². The average Bonchev–Trinajstić information content (AvgIpc) is 4.33. The van der Waals surface area contributed by atoms with E-state index >= 15 is 4.79 Å². The van der Waals surface area contributed by atoms with Crippen LogP contribution >= 0.6 is 0 Å². The van der Waals surface area contributed by atoms with E-state index < -0.39 is 94.7 Å². The third-order valence-electron chi connectivity index (χ3n) is 19.9. The van der Waals surface area contributed by atoms with Crippen LogP contribution in [0.1, 0.15) is 119 Å². The van der Waals surface area contributed by atoms with Crippen molar-refractivity contribution >= 4 is 43.0 Å². The monoisotopic (exact) mass is 1120 g/mol. The van der Waals surface area contributed by atoms with Gasteiger partial charge in [0.25, 0.3) is 0 Å². The Balaban J connectivity index is 0.00000230. The van der Waals surface area contributed by atoms with Crippen molar-refractivity contribution in [1.82, 2.24) is 14.8 Å². The maximum Gasteiger partial charge on any atom is 0.373 e. The van der Waals surface area contributed by atoms with E-state index in [-0.39, 0.29) is 31.0 Å². The molecule has 3 N–H and O–H groups in total. The molecule has 4 aromatic rings. The maximum absolute atomic E-state index is 15.2. The van der Waals surface area contributed by atoms with Crippen LogP contribution in [0.3, 0.4) is 0 Å². The second-order valence-corrected chi connectivity index (χ2v) is 28.3. The molecule has 4 fully saturated rings. The number of piperidine rings is 1. The molecule has 2 bridgehead atoms. The third kappa shape index (κ3) is 8.94. The van der Waals surface area contributed by atoms with Crippen LogP contribution in [0, 0.1) is 47.3 Å². The number of nitrogens with zero attached hydrogens (tertiary/aromatic N) is 3. The summed E-state index contributed by atoms with van der Waals surface area (Å²) < 4.78 is 88.9. The lowest BCUT2D eigenvalue weighted by atomic mass is 9.47. The molecular weight excluding hydrogens is 1040 g/mol. The second-order valence-electron chi connectivity index (χ2n) is 24.2. The van der Waals surface area contributed by atoms with Crippen LogP contribution in [0.5, 0.6) is 5.75 Å². The highest BCUT2D eigenvalue weighted by molar-refractivity contribution is 6.74. The minimum Gasteiger partial charge on any atom is -0.467 e. The Morgan fingerprint density at radius 2 is 1.59 bits per heavy atom. The number of aromatic amines is 1. The van der Waals surface area contributed by atoms with E-state index in [1.807, 2.05) is 7.05 Å². The molecule has 426 valence electrons. The number of fused-ring (bicyclic) bond motifs is 6. The number of carbonyl (C=O) groups excluding carboxylic acids is 4. The fourth-order valence-electron chi connectivity index (χ4n) is 16.8. The Hall–Kier alpha value is -5.27. The molecule has 1 aromatic heterocycles. The number of unbranched alkanes of at least 4 members (excludes halogenated alkanes) is 1. The molecule has 0 radical (unpaired) electrons. The number of carbonyl (C=O) groups is 2. The molecule has 7 aliphatic rings. The van der Waals surface area contributed by atoms with Crippen molar-refractivity contribution in [2.45, 2.75) is 163 Å². The van der Waals surface area contributed by atoms with Gasteiger partial charge in [-0.2, -0.15) is 18.4 Å². The lowest BCUT2D eigenvalue weighted by molar-refractivity contribution is -0.214. The van der Waals surface area contributed by atoms with Gasteiger partial charge in [0, 0.05) is 84.2 Å². The van der Waals surface area contributed by atoms with Gasteiger partial charge < -0.3 is 34.0 Å². The number of esters is 2. The number of aliphatic hydroxyl groups is 2. The number of rotatable bonds is 12. The fourth-order valence-corrected chi connectivity index (χ4v) is 21.5. The van der Waals surface area contributed by atoms with E-state index in [1.54, 1.807) is 0 Å². The van der Waals surface area contributed by atoms with Gasteiger partial charge in [0.2, 0.25) is 40.4 Å². The molecule has 3 saturated heterocycles. The molecule has 13 nitrogen and oxygen atoms in total. The first-order chi connectivity index (χ1) is 37.7. The Kier molecular flexibility index (Phi) is 15.3. The summed E-state index contributed by atoms with van der Waals surface area (Å²) in [4.78, 5) is 55.5. The van der Waals surface area contributed by atoms with Crippen molar-refractivity contribution in [3.8, 4) is 5.75 Å². The van der Waals surface area contributed by atoms with Gasteiger partial charge in [-0.25, -0.2) is 18.0 Å². The summed E-state index contributed by atoms with van der Waals surface area (Å²) in [6, 6.07) is 14.3. The number of H-pyrrole nitrogens is 1. The van der Waals surface area contributed by atoms with Crippen LogP contribution in [-0.2, 0) is 45.6 Å². The molecule has 1 aliphatic carbocycles. The van der Waals surface area contributed by atoms with Crippen molar-refractivity contribution in [3.63, 3.8) is 0 Å². The molecule has 10 atom stereocenters. The van der Waals surface area contributed by atoms with Crippen molar-refractivity contribution < 1.29 is 65.2 Å². The summed E-state index contributed by atoms with van der Waals surface area (Å²) in [7, 11) is 0.407. The number of nitrogens with one attached hydrogen (secondary N) is 1. The van der Waals surface area contributed by atoms with E-state index in [0.29, 0.717) is 51.2 Å². The SMILES string of the molecule is CC[C@]1(O)CC2CN(CCc3c([nH]c4ccccc34)[C@@](C)(c3cc4c(cc3C)N(C)[C@H]3[C@@](O)(C(=O)OC)[C@H](O[Si]5(CCCCC(=O)Oc6c(F)c(F)c(F)c(F)c6F)CCCCC5)[C@]5(CC)C=CCN6CC[C@]43[C@@H]65)C2)C1.O=C=O. The van der Waals surface area contributed by atoms with E-state index in [2.05, 4.69) is 95.9 Å². The van der Waals surface area contributed by atoms with Gasteiger partial charge in [0.05, 0.1) is 24.9 Å². The highest BCUT2D eigenvalue weighted by atomic mass is 28.4. The van der Waals surface area contributed by atoms with Crippen LogP contribution in [0.25, 0.3) is 10.9 Å². The second kappa shape index (κ2) is 21.2. The molecule has 0 amide bonds. The molecule has 2 unspecified atom stereocenters. The van der Waals surface area contributed by atoms with Crippen LogP contribution in [-0.4, -0.2) is 128 Å². The zero-order chi connectivity index (χ0) is 56.6. The first-order valence-corrected chi connectivity index (χ1v) is 30.7. The summed E-state index contributed by atoms with van der Waals surface area (Å²) in [5.41, 5.74) is 2.83. The molecule has 7 heterocycles. The molecule has 11 rings (SSSR count).